The molecule has 0 aliphatic carbocycles. The molecule has 4 nitrogen and oxygen atoms in total. The predicted molar refractivity (Wildman–Crippen MR) is 86.2 cm³/mol. The molecular formula is C12H20INO3S2. The minimum absolute atomic E-state index is 0.0240. The number of hydrogen-bond acceptors (Lipinski definition) is 4. The highest BCUT2D eigenvalue weighted by Gasteiger charge is 2.69. The quantitative estimate of drug-likeness (QED) is 0.511. The second kappa shape index (κ2) is 4.47. The van der Waals surface area contributed by atoms with Crippen LogP contribution < -0.4 is 0 Å². The second-order valence-corrected chi connectivity index (χ2v) is 11.8. The van der Waals surface area contributed by atoms with Crippen LogP contribution in [0.15, 0.2) is 0 Å². The van der Waals surface area contributed by atoms with Crippen LogP contribution in [0, 0.1) is 0 Å². The minimum atomic E-state index is -3.17. The van der Waals surface area contributed by atoms with Crippen LogP contribution >= 0.6 is 34.4 Å². The molecule has 0 saturated carbocycles. The second-order valence-electron chi connectivity index (χ2n) is 6.56. The summed E-state index contributed by atoms with van der Waals surface area (Å²) in [5, 5.41) is 0.366. The number of halogens is 1. The van der Waals surface area contributed by atoms with Gasteiger partial charge < -0.3 is 4.74 Å². The summed E-state index contributed by atoms with van der Waals surface area (Å²) in [6.45, 7) is 7.97. The van der Waals surface area contributed by atoms with Crippen LogP contribution in [0.25, 0.3) is 0 Å². The van der Waals surface area contributed by atoms with E-state index in [1.54, 1.807) is 4.31 Å². The van der Waals surface area contributed by atoms with E-state index in [-0.39, 0.29) is 32.3 Å². The SMILES string of the molecule is CC(I)OC1C2CC3C(S2)C1N(C(C)(C)C)S3(=O)=O. The lowest BCUT2D eigenvalue weighted by atomic mass is 9.90. The van der Waals surface area contributed by atoms with Gasteiger partial charge in [0.15, 0.2) is 0 Å². The normalized spacial score (nSPS) is 45.8. The van der Waals surface area contributed by atoms with Gasteiger partial charge in [-0.2, -0.15) is 4.31 Å². The summed E-state index contributed by atoms with van der Waals surface area (Å²) in [6, 6.07) is 0.0240. The minimum Gasteiger partial charge on any atom is -0.362 e. The zero-order chi connectivity index (χ0) is 14.2. The first-order valence-corrected chi connectivity index (χ1v) is 10.3. The fourth-order valence-corrected chi connectivity index (χ4v) is 9.29. The average Bonchev–Trinajstić information content (AvgIpc) is 2.78. The first kappa shape index (κ1) is 14.9. The molecule has 0 N–H and O–H groups in total. The van der Waals surface area contributed by atoms with Gasteiger partial charge in [0.1, 0.15) is 4.11 Å². The molecule has 6 atom stereocenters. The lowest BCUT2D eigenvalue weighted by molar-refractivity contribution is -0.00577. The highest BCUT2D eigenvalue weighted by Crippen LogP contribution is 2.58. The van der Waals surface area contributed by atoms with Gasteiger partial charge in [-0.05, 0) is 34.1 Å². The number of alkyl halides is 1. The van der Waals surface area contributed by atoms with Gasteiger partial charge in [-0.15, -0.1) is 11.8 Å². The van der Waals surface area contributed by atoms with Crippen LogP contribution in [-0.4, -0.2) is 50.3 Å². The highest BCUT2D eigenvalue weighted by atomic mass is 127. The molecule has 3 fully saturated rings. The lowest BCUT2D eigenvalue weighted by Gasteiger charge is -2.37. The van der Waals surface area contributed by atoms with Crippen LogP contribution in [0.2, 0.25) is 0 Å². The summed E-state index contributed by atoms with van der Waals surface area (Å²) < 4.78 is 33.4. The summed E-state index contributed by atoms with van der Waals surface area (Å²) in [5.74, 6) is 0. The Morgan fingerprint density at radius 3 is 2.58 bits per heavy atom. The fraction of sp³-hybridized carbons (Fsp3) is 1.00. The van der Waals surface area contributed by atoms with Crippen molar-refractivity contribution < 1.29 is 13.2 Å². The van der Waals surface area contributed by atoms with Gasteiger partial charge in [-0.1, -0.05) is 22.6 Å². The molecule has 3 rings (SSSR count). The number of rotatable bonds is 2. The van der Waals surface area contributed by atoms with Crippen molar-refractivity contribution in [2.24, 2.45) is 0 Å². The molecule has 0 radical (unpaired) electrons. The van der Waals surface area contributed by atoms with Crippen molar-refractivity contribution in [3.8, 4) is 0 Å². The molecule has 3 saturated heterocycles. The summed E-state index contributed by atoms with van der Waals surface area (Å²) in [5.41, 5.74) is -0.369. The third-order valence-electron chi connectivity index (χ3n) is 4.14. The predicted octanol–water partition coefficient (Wildman–Crippen LogP) is 2.22. The van der Waals surface area contributed by atoms with E-state index in [0.717, 1.165) is 6.42 Å². The fourth-order valence-electron chi connectivity index (χ4n) is 3.71. The number of thioether (sulfide) groups is 1. The number of hydrogen-bond donors (Lipinski definition) is 0. The van der Waals surface area contributed by atoms with Crippen molar-refractivity contribution in [2.75, 3.05) is 0 Å². The van der Waals surface area contributed by atoms with Crippen LogP contribution in [0.4, 0.5) is 0 Å². The zero-order valence-electron chi connectivity index (χ0n) is 11.5. The van der Waals surface area contributed by atoms with E-state index < -0.39 is 10.0 Å². The molecular weight excluding hydrogens is 397 g/mol. The molecule has 19 heavy (non-hydrogen) atoms. The molecule has 2 bridgehead atoms. The van der Waals surface area contributed by atoms with Crippen molar-refractivity contribution in [3.63, 3.8) is 0 Å². The Labute approximate surface area is 133 Å². The standard InChI is InChI=1S/C12H20INO3S2/c1-6(13)17-10-7-5-8-11(18-7)9(10)14(12(2,3)4)19(8,15)16/h6-11H,5H2,1-4H3. The smallest absolute Gasteiger partial charge is 0.219 e. The summed E-state index contributed by atoms with van der Waals surface area (Å²) in [4.78, 5) is 0. The van der Waals surface area contributed by atoms with Gasteiger partial charge in [0.2, 0.25) is 10.0 Å². The molecule has 3 aliphatic rings. The Kier molecular flexibility index (Phi) is 3.50. The van der Waals surface area contributed by atoms with Gasteiger partial charge in [0.25, 0.3) is 0 Å². The van der Waals surface area contributed by atoms with E-state index in [9.17, 15) is 8.42 Å². The van der Waals surface area contributed by atoms with Crippen molar-refractivity contribution in [2.45, 2.75) is 71.7 Å². The van der Waals surface area contributed by atoms with E-state index in [4.69, 9.17) is 4.74 Å². The topological polar surface area (TPSA) is 46.6 Å². The average molecular weight is 417 g/mol. The summed E-state index contributed by atoms with van der Waals surface area (Å²) >= 11 is 4.08. The third-order valence-corrected chi connectivity index (χ3v) is 8.92. The molecule has 0 aromatic carbocycles. The summed E-state index contributed by atoms with van der Waals surface area (Å²) in [6.07, 6.45) is 0.809. The maximum atomic E-state index is 12.7. The molecule has 0 aromatic rings. The van der Waals surface area contributed by atoms with E-state index in [1.165, 1.54) is 0 Å². The first-order chi connectivity index (χ1) is 8.64. The Morgan fingerprint density at radius 1 is 1.42 bits per heavy atom. The number of nitrogens with zero attached hydrogens (tertiary/aromatic N) is 1. The van der Waals surface area contributed by atoms with Gasteiger partial charge in [0, 0.05) is 16.0 Å². The Hall–Kier alpha value is 0.950. The van der Waals surface area contributed by atoms with Crippen LogP contribution in [0.1, 0.15) is 34.1 Å². The Bertz CT molecular complexity index is 488. The number of sulfonamides is 1. The van der Waals surface area contributed by atoms with Gasteiger partial charge in [-0.25, -0.2) is 8.42 Å². The van der Waals surface area contributed by atoms with E-state index in [2.05, 4.69) is 22.6 Å². The van der Waals surface area contributed by atoms with E-state index in [1.807, 2.05) is 39.5 Å². The monoisotopic (exact) mass is 417 g/mol. The molecule has 7 heteroatoms. The highest BCUT2D eigenvalue weighted by molar-refractivity contribution is 14.1. The molecule has 3 aliphatic heterocycles. The van der Waals surface area contributed by atoms with Crippen LogP contribution in [-0.2, 0) is 14.8 Å². The molecule has 6 unspecified atom stereocenters. The molecule has 3 heterocycles. The van der Waals surface area contributed by atoms with Crippen molar-refractivity contribution in [1.82, 2.24) is 4.31 Å². The molecule has 0 amide bonds. The molecule has 0 aromatic heterocycles. The van der Waals surface area contributed by atoms with E-state index >= 15 is 0 Å². The summed E-state index contributed by atoms with van der Waals surface area (Å²) in [7, 11) is -3.17. The molecule has 110 valence electrons. The third kappa shape index (κ3) is 2.10. The first-order valence-electron chi connectivity index (χ1n) is 6.62. The largest absolute Gasteiger partial charge is 0.362 e. The zero-order valence-corrected chi connectivity index (χ0v) is 15.3. The maximum absolute atomic E-state index is 12.7. The lowest BCUT2D eigenvalue weighted by Crippen LogP contribution is -2.53. The Morgan fingerprint density at radius 2 is 2.05 bits per heavy atom. The van der Waals surface area contributed by atoms with Crippen LogP contribution in [0.3, 0.4) is 0 Å². The van der Waals surface area contributed by atoms with Gasteiger partial charge in [0.05, 0.1) is 17.4 Å². The van der Waals surface area contributed by atoms with Crippen LogP contribution in [0.5, 0.6) is 0 Å². The maximum Gasteiger partial charge on any atom is 0.219 e. The van der Waals surface area contributed by atoms with Crippen molar-refractivity contribution in [1.29, 1.82) is 0 Å². The van der Waals surface area contributed by atoms with E-state index in [0.29, 0.717) is 5.25 Å². The van der Waals surface area contributed by atoms with Crippen molar-refractivity contribution in [3.05, 3.63) is 0 Å². The number of fused-ring (bicyclic) bond motifs is 1. The van der Waals surface area contributed by atoms with Crippen molar-refractivity contribution >= 4 is 44.4 Å². The van der Waals surface area contributed by atoms with Gasteiger partial charge >= 0.3 is 0 Å². The Balaban J connectivity index is 2.02. The number of ether oxygens (including phenoxy) is 1. The molecule has 0 spiro atoms. The van der Waals surface area contributed by atoms with Gasteiger partial charge in [-0.3, -0.25) is 0 Å².